The van der Waals surface area contributed by atoms with Crippen LogP contribution in [0.2, 0.25) is 0 Å². The highest BCUT2D eigenvalue weighted by Gasteiger charge is 2.01. The third kappa shape index (κ3) is 2.55. The van der Waals surface area contributed by atoms with Gasteiger partial charge in [-0.2, -0.15) is 0 Å². The Morgan fingerprint density at radius 2 is 1.83 bits per heavy atom. The topological polar surface area (TPSA) is 29.3 Å². The molecule has 2 nitrogen and oxygen atoms in total. The summed E-state index contributed by atoms with van der Waals surface area (Å²) in [4.78, 5) is 0. The van der Waals surface area contributed by atoms with Gasteiger partial charge in [0.05, 0.1) is 5.69 Å². The van der Waals surface area contributed by atoms with Crippen molar-refractivity contribution in [3.05, 3.63) is 30.3 Å². The van der Waals surface area contributed by atoms with Gasteiger partial charge in [0.2, 0.25) is 0 Å². The van der Waals surface area contributed by atoms with Gasteiger partial charge >= 0.3 is 0 Å². The normalized spacial score (nSPS) is 10.3. The summed E-state index contributed by atoms with van der Waals surface area (Å²) < 4.78 is 0. The summed E-state index contributed by atoms with van der Waals surface area (Å²) in [6, 6.07) is 10.0. The van der Waals surface area contributed by atoms with Crippen molar-refractivity contribution in [3.63, 3.8) is 0 Å². The molecule has 0 fully saturated rings. The minimum Gasteiger partial charge on any atom is -0.311 e. The van der Waals surface area contributed by atoms with Crippen LogP contribution in [-0.4, -0.2) is 6.54 Å². The van der Waals surface area contributed by atoms with Crippen LogP contribution in [0.25, 0.3) is 0 Å². The van der Waals surface area contributed by atoms with E-state index < -0.39 is 0 Å². The minimum absolute atomic E-state index is 0.593. The van der Waals surface area contributed by atoms with Gasteiger partial charge in [0, 0.05) is 6.54 Å². The largest absolute Gasteiger partial charge is 0.311 e. The Kier molecular flexibility index (Phi) is 3.11. The van der Waals surface area contributed by atoms with Crippen molar-refractivity contribution in [2.45, 2.75) is 13.8 Å². The molecule has 0 saturated heterocycles. The second-order valence-electron chi connectivity index (χ2n) is 3.38. The van der Waals surface area contributed by atoms with Gasteiger partial charge < -0.3 is 5.01 Å². The van der Waals surface area contributed by atoms with E-state index >= 15 is 0 Å². The summed E-state index contributed by atoms with van der Waals surface area (Å²) in [5.41, 5.74) is 1.08. The number of nitrogens with zero attached hydrogens (tertiary/aromatic N) is 1. The van der Waals surface area contributed by atoms with Crippen LogP contribution < -0.4 is 10.9 Å². The predicted molar refractivity (Wildman–Crippen MR) is 52.8 cm³/mol. The van der Waals surface area contributed by atoms with E-state index in [1.807, 2.05) is 30.3 Å². The number of benzene rings is 1. The standard InChI is InChI=1S/C10H16N2/c1-9(2)8-12(11)10-6-4-3-5-7-10/h3-7,9H,8,11H2,1-2H3. The van der Waals surface area contributed by atoms with Crippen molar-refractivity contribution >= 4 is 5.69 Å². The van der Waals surface area contributed by atoms with Crippen LogP contribution in [0.3, 0.4) is 0 Å². The molecule has 1 rings (SSSR count). The number of hydrogen-bond donors (Lipinski definition) is 1. The molecule has 0 spiro atoms. The van der Waals surface area contributed by atoms with Crippen LogP contribution in [0, 0.1) is 5.92 Å². The van der Waals surface area contributed by atoms with Crippen LogP contribution in [-0.2, 0) is 0 Å². The SMILES string of the molecule is CC(C)CN(N)c1ccccc1. The fraction of sp³-hybridized carbons (Fsp3) is 0.400. The summed E-state index contributed by atoms with van der Waals surface area (Å²) in [5.74, 6) is 6.42. The Morgan fingerprint density at radius 3 is 2.33 bits per heavy atom. The number of hydrogen-bond acceptors (Lipinski definition) is 2. The van der Waals surface area contributed by atoms with E-state index in [1.54, 1.807) is 5.01 Å². The van der Waals surface area contributed by atoms with Gasteiger partial charge in [0.1, 0.15) is 0 Å². The van der Waals surface area contributed by atoms with Gasteiger partial charge in [-0.15, -0.1) is 0 Å². The van der Waals surface area contributed by atoms with E-state index in [-0.39, 0.29) is 0 Å². The average molecular weight is 164 g/mol. The van der Waals surface area contributed by atoms with Gasteiger partial charge in [0.15, 0.2) is 0 Å². The van der Waals surface area contributed by atoms with Crippen molar-refractivity contribution in [1.82, 2.24) is 0 Å². The smallest absolute Gasteiger partial charge is 0.0517 e. The summed E-state index contributed by atoms with van der Waals surface area (Å²) in [6.07, 6.45) is 0. The predicted octanol–water partition coefficient (Wildman–Crippen LogP) is 2.02. The molecule has 0 aliphatic carbocycles. The molecular formula is C10H16N2. The Hall–Kier alpha value is -1.02. The maximum Gasteiger partial charge on any atom is 0.0517 e. The van der Waals surface area contributed by atoms with E-state index in [9.17, 15) is 0 Å². The highest BCUT2D eigenvalue weighted by atomic mass is 15.4. The Labute approximate surface area is 74.0 Å². The molecule has 0 aromatic heterocycles. The Morgan fingerprint density at radius 1 is 1.25 bits per heavy atom. The number of nitrogens with two attached hydrogens (primary N) is 1. The highest BCUT2D eigenvalue weighted by Crippen LogP contribution is 2.10. The lowest BCUT2D eigenvalue weighted by Gasteiger charge is -2.20. The van der Waals surface area contributed by atoms with Gasteiger partial charge in [-0.25, -0.2) is 5.84 Å². The lowest BCUT2D eigenvalue weighted by atomic mass is 10.2. The molecule has 0 bridgehead atoms. The minimum atomic E-state index is 0.593. The van der Waals surface area contributed by atoms with E-state index in [1.165, 1.54) is 0 Å². The fourth-order valence-electron chi connectivity index (χ4n) is 1.12. The molecule has 2 heteroatoms. The molecule has 0 heterocycles. The van der Waals surface area contributed by atoms with Crippen LogP contribution in [0.4, 0.5) is 5.69 Å². The molecule has 2 N–H and O–H groups in total. The first kappa shape index (κ1) is 9.07. The summed E-state index contributed by atoms with van der Waals surface area (Å²) in [6.45, 7) is 5.20. The molecule has 0 amide bonds. The summed E-state index contributed by atoms with van der Waals surface area (Å²) in [5, 5.41) is 1.78. The van der Waals surface area contributed by atoms with Crippen molar-refractivity contribution in [2.75, 3.05) is 11.6 Å². The highest BCUT2D eigenvalue weighted by molar-refractivity contribution is 5.44. The first-order chi connectivity index (χ1) is 5.70. The van der Waals surface area contributed by atoms with Crippen LogP contribution in [0.1, 0.15) is 13.8 Å². The molecule has 0 aliphatic heterocycles. The number of rotatable bonds is 3. The monoisotopic (exact) mass is 164 g/mol. The molecule has 0 radical (unpaired) electrons. The second-order valence-corrected chi connectivity index (χ2v) is 3.38. The quantitative estimate of drug-likeness (QED) is 0.547. The van der Waals surface area contributed by atoms with Gasteiger partial charge in [-0.1, -0.05) is 32.0 Å². The van der Waals surface area contributed by atoms with Crippen LogP contribution in [0.15, 0.2) is 30.3 Å². The second kappa shape index (κ2) is 4.12. The fourth-order valence-corrected chi connectivity index (χ4v) is 1.12. The summed E-state index contributed by atoms with van der Waals surface area (Å²) in [7, 11) is 0. The van der Waals surface area contributed by atoms with Crippen LogP contribution in [0.5, 0.6) is 0 Å². The molecule has 0 atom stereocenters. The van der Waals surface area contributed by atoms with E-state index in [2.05, 4.69) is 13.8 Å². The molecular weight excluding hydrogens is 148 g/mol. The Balaban J connectivity index is 2.59. The molecule has 0 saturated carbocycles. The van der Waals surface area contributed by atoms with E-state index in [0.717, 1.165) is 12.2 Å². The number of hydrazine groups is 1. The van der Waals surface area contributed by atoms with Crippen LogP contribution >= 0.6 is 0 Å². The maximum absolute atomic E-state index is 5.83. The molecule has 1 aromatic rings. The van der Waals surface area contributed by atoms with Crippen molar-refractivity contribution in [2.24, 2.45) is 11.8 Å². The third-order valence-corrected chi connectivity index (χ3v) is 1.65. The zero-order chi connectivity index (χ0) is 8.97. The Bertz CT molecular complexity index is 219. The van der Waals surface area contributed by atoms with Crippen molar-refractivity contribution in [1.29, 1.82) is 0 Å². The lowest BCUT2D eigenvalue weighted by Crippen LogP contribution is -2.34. The molecule has 0 unspecified atom stereocenters. The van der Waals surface area contributed by atoms with Crippen molar-refractivity contribution in [3.8, 4) is 0 Å². The average Bonchev–Trinajstić information content (AvgIpc) is 2.05. The van der Waals surface area contributed by atoms with E-state index in [4.69, 9.17) is 5.84 Å². The van der Waals surface area contributed by atoms with E-state index in [0.29, 0.717) is 5.92 Å². The molecule has 12 heavy (non-hydrogen) atoms. The maximum atomic E-state index is 5.83. The third-order valence-electron chi connectivity index (χ3n) is 1.65. The van der Waals surface area contributed by atoms with Gasteiger partial charge in [-0.3, -0.25) is 0 Å². The number of anilines is 1. The zero-order valence-electron chi connectivity index (χ0n) is 7.70. The molecule has 66 valence electrons. The first-order valence-electron chi connectivity index (χ1n) is 4.27. The molecule has 1 aromatic carbocycles. The van der Waals surface area contributed by atoms with Crippen molar-refractivity contribution < 1.29 is 0 Å². The molecule has 0 aliphatic rings. The lowest BCUT2D eigenvalue weighted by molar-refractivity contribution is 0.621. The zero-order valence-corrected chi connectivity index (χ0v) is 7.70. The van der Waals surface area contributed by atoms with Gasteiger partial charge in [-0.05, 0) is 18.1 Å². The van der Waals surface area contributed by atoms with Gasteiger partial charge in [0.25, 0.3) is 0 Å². The number of para-hydroxylation sites is 1. The summed E-state index contributed by atoms with van der Waals surface area (Å²) >= 11 is 0. The first-order valence-corrected chi connectivity index (χ1v) is 4.27.